The first-order valence-corrected chi connectivity index (χ1v) is 10.4. The third kappa shape index (κ3) is 6.59. The largest absolute Gasteiger partial charge is 0.444 e. The van der Waals surface area contributed by atoms with Gasteiger partial charge in [0.25, 0.3) is 5.69 Å². The highest BCUT2D eigenvalue weighted by atomic mass is 16.6. The minimum absolute atomic E-state index is 0.0515. The molecule has 8 nitrogen and oxygen atoms in total. The Labute approximate surface area is 173 Å². The molecule has 1 aliphatic heterocycles. The Bertz CT molecular complexity index is 683. The lowest BCUT2D eigenvalue weighted by molar-refractivity contribution is -0.384. The van der Waals surface area contributed by atoms with Crippen LogP contribution in [0.25, 0.3) is 0 Å². The van der Waals surface area contributed by atoms with Crippen LogP contribution in [0.15, 0.2) is 24.3 Å². The van der Waals surface area contributed by atoms with Gasteiger partial charge in [-0.05, 0) is 52.4 Å². The number of carbonyl (C=O) groups is 1. The minimum atomic E-state index is -0.540. The topological polar surface area (TPSA) is 79.2 Å². The number of anilines is 1. The van der Waals surface area contributed by atoms with E-state index in [1.165, 1.54) is 12.1 Å². The number of rotatable bonds is 8. The first-order valence-electron chi connectivity index (χ1n) is 10.4. The second kappa shape index (κ2) is 9.91. The normalized spacial score (nSPS) is 16.9. The van der Waals surface area contributed by atoms with E-state index >= 15 is 0 Å². The molecule has 29 heavy (non-hydrogen) atoms. The predicted octanol–water partition coefficient (Wildman–Crippen LogP) is 3.75. The molecule has 0 saturated carbocycles. The number of hydrogen-bond acceptors (Lipinski definition) is 6. The van der Waals surface area contributed by atoms with Crippen molar-refractivity contribution in [3.63, 3.8) is 0 Å². The Morgan fingerprint density at radius 3 is 2.34 bits per heavy atom. The molecule has 1 fully saturated rings. The lowest BCUT2D eigenvalue weighted by Gasteiger charge is -2.33. The summed E-state index contributed by atoms with van der Waals surface area (Å²) < 4.78 is 5.67. The standard InChI is InChI=1S/C21H34N4O4/c1-6-22(7-2)14-15-24(20(26)29-21(3,4)5)19-12-13-23(16-19)17-8-10-18(11-9-17)25(27)28/h8-11,19H,6-7,12-16H2,1-5H3/t19-/m1/s1. The molecular formula is C21H34N4O4. The molecule has 0 N–H and O–H groups in total. The fourth-order valence-corrected chi connectivity index (χ4v) is 3.55. The number of ether oxygens (including phenoxy) is 1. The van der Waals surface area contributed by atoms with Gasteiger partial charge in [-0.3, -0.25) is 10.1 Å². The van der Waals surface area contributed by atoms with E-state index in [-0.39, 0.29) is 17.8 Å². The maximum Gasteiger partial charge on any atom is 0.410 e. The van der Waals surface area contributed by atoms with E-state index in [2.05, 4.69) is 23.6 Å². The van der Waals surface area contributed by atoms with Gasteiger partial charge >= 0.3 is 6.09 Å². The number of carbonyl (C=O) groups excluding carboxylic acids is 1. The molecule has 1 amide bonds. The summed E-state index contributed by atoms with van der Waals surface area (Å²) in [7, 11) is 0. The van der Waals surface area contributed by atoms with E-state index in [4.69, 9.17) is 4.74 Å². The Hall–Kier alpha value is -2.35. The molecule has 0 aliphatic carbocycles. The Kier molecular flexibility index (Phi) is 7.84. The first kappa shape index (κ1) is 22.9. The third-order valence-electron chi connectivity index (χ3n) is 5.21. The van der Waals surface area contributed by atoms with Gasteiger partial charge in [0.1, 0.15) is 5.60 Å². The molecule has 2 rings (SSSR count). The van der Waals surface area contributed by atoms with Gasteiger partial charge in [-0.1, -0.05) is 13.8 Å². The minimum Gasteiger partial charge on any atom is -0.444 e. The molecule has 8 heteroatoms. The second-order valence-corrected chi connectivity index (χ2v) is 8.36. The predicted molar refractivity (Wildman–Crippen MR) is 114 cm³/mol. The molecule has 0 aromatic heterocycles. The second-order valence-electron chi connectivity index (χ2n) is 8.36. The zero-order valence-electron chi connectivity index (χ0n) is 18.3. The number of nitro benzene ring substituents is 1. The van der Waals surface area contributed by atoms with E-state index in [1.54, 1.807) is 12.1 Å². The van der Waals surface area contributed by atoms with Gasteiger partial charge in [-0.2, -0.15) is 0 Å². The molecule has 0 radical (unpaired) electrons. The summed E-state index contributed by atoms with van der Waals surface area (Å²) in [6.07, 6.45) is 0.564. The van der Waals surface area contributed by atoms with E-state index < -0.39 is 10.5 Å². The Morgan fingerprint density at radius 1 is 1.21 bits per heavy atom. The van der Waals surface area contributed by atoms with Crippen molar-refractivity contribution in [3.05, 3.63) is 34.4 Å². The van der Waals surface area contributed by atoms with Crippen LogP contribution in [0.1, 0.15) is 41.0 Å². The molecule has 1 heterocycles. The molecule has 1 aromatic carbocycles. The summed E-state index contributed by atoms with van der Waals surface area (Å²) in [5, 5.41) is 10.9. The van der Waals surface area contributed by atoms with Crippen LogP contribution in [0, 0.1) is 10.1 Å². The maximum atomic E-state index is 12.9. The monoisotopic (exact) mass is 406 g/mol. The van der Waals surface area contributed by atoms with Crippen LogP contribution in [-0.4, -0.2) is 71.7 Å². The smallest absolute Gasteiger partial charge is 0.410 e. The van der Waals surface area contributed by atoms with Crippen molar-refractivity contribution < 1.29 is 14.5 Å². The van der Waals surface area contributed by atoms with E-state index in [9.17, 15) is 14.9 Å². The van der Waals surface area contributed by atoms with Crippen LogP contribution in [-0.2, 0) is 4.74 Å². The van der Waals surface area contributed by atoms with E-state index in [0.717, 1.165) is 38.3 Å². The third-order valence-corrected chi connectivity index (χ3v) is 5.21. The number of nitrogens with zero attached hydrogens (tertiary/aromatic N) is 4. The number of hydrogen-bond donors (Lipinski definition) is 0. The summed E-state index contributed by atoms with van der Waals surface area (Å²) in [5.41, 5.74) is 0.478. The van der Waals surface area contributed by atoms with Gasteiger partial charge < -0.3 is 19.4 Å². The van der Waals surface area contributed by atoms with Gasteiger partial charge in [0, 0.05) is 44.0 Å². The highest BCUT2D eigenvalue weighted by molar-refractivity contribution is 5.69. The maximum absolute atomic E-state index is 12.9. The zero-order valence-corrected chi connectivity index (χ0v) is 18.3. The number of amides is 1. The van der Waals surface area contributed by atoms with Crippen LogP contribution in [0.2, 0.25) is 0 Å². The van der Waals surface area contributed by atoms with Gasteiger partial charge in [0.15, 0.2) is 0 Å². The molecule has 1 saturated heterocycles. The van der Waals surface area contributed by atoms with Crippen molar-refractivity contribution in [2.24, 2.45) is 0 Å². The SMILES string of the molecule is CCN(CC)CCN(C(=O)OC(C)(C)C)[C@@H]1CCN(c2ccc([N+](=O)[O-])cc2)C1. The van der Waals surface area contributed by atoms with Crippen LogP contribution in [0.5, 0.6) is 0 Å². The van der Waals surface area contributed by atoms with Crippen molar-refractivity contribution >= 4 is 17.5 Å². The number of likely N-dealkylation sites (N-methyl/N-ethyl adjacent to an activating group) is 1. The summed E-state index contributed by atoms with van der Waals surface area (Å²) in [4.78, 5) is 29.7. The van der Waals surface area contributed by atoms with Crippen molar-refractivity contribution in [1.29, 1.82) is 0 Å². The average molecular weight is 407 g/mol. The van der Waals surface area contributed by atoms with Crippen molar-refractivity contribution in [3.8, 4) is 0 Å². The zero-order chi connectivity index (χ0) is 21.6. The quantitative estimate of drug-likeness (QED) is 0.483. The van der Waals surface area contributed by atoms with Gasteiger partial charge in [0.05, 0.1) is 11.0 Å². The highest BCUT2D eigenvalue weighted by Gasteiger charge is 2.33. The van der Waals surface area contributed by atoms with Gasteiger partial charge in [-0.25, -0.2) is 4.79 Å². The van der Waals surface area contributed by atoms with Crippen LogP contribution >= 0.6 is 0 Å². The van der Waals surface area contributed by atoms with Gasteiger partial charge in [0.2, 0.25) is 0 Å². The molecule has 1 aliphatic rings. The molecule has 0 unspecified atom stereocenters. The summed E-state index contributed by atoms with van der Waals surface area (Å²) in [5.74, 6) is 0. The van der Waals surface area contributed by atoms with Crippen molar-refractivity contribution in [2.75, 3.05) is 44.2 Å². The van der Waals surface area contributed by atoms with Crippen molar-refractivity contribution in [2.45, 2.75) is 52.7 Å². The number of benzene rings is 1. The fourth-order valence-electron chi connectivity index (χ4n) is 3.55. The Balaban J connectivity index is 2.09. The van der Waals surface area contributed by atoms with Crippen LogP contribution in [0.3, 0.4) is 0 Å². The lowest BCUT2D eigenvalue weighted by Crippen LogP contribution is -2.48. The molecular weight excluding hydrogens is 372 g/mol. The molecule has 0 bridgehead atoms. The molecule has 1 atom stereocenters. The lowest BCUT2D eigenvalue weighted by atomic mass is 10.2. The van der Waals surface area contributed by atoms with Crippen LogP contribution in [0.4, 0.5) is 16.2 Å². The van der Waals surface area contributed by atoms with E-state index in [0.29, 0.717) is 13.1 Å². The van der Waals surface area contributed by atoms with E-state index in [1.807, 2.05) is 25.7 Å². The summed E-state index contributed by atoms with van der Waals surface area (Å²) >= 11 is 0. The number of non-ortho nitro benzene ring substituents is 1. The highest BCUT2D eigenvalue weighted by Crippen LogP contribution is 2.26. The number of nitro groups is 1. The van der Waals surface area contributed by atoms with Crippen molar-refractivity contribution in [1.82, 2.24) is 9.80 Å². The van der Waals surface area contributed by atoms with Gasteiger partial charge in [-0.15, -0.1) is 0 Å². The summed E-state index contributed by atoms with van der Waals surface area (Å²) in [6, 6.07) is 6.64. The fraction of sp³-hybridized carbons (Fsp3) is 0.667. The first-order chi connectivity index (χ1) is 13.6. The van der Waals surface area contributed by atoms with Crippen LogP contribution < -0.4 is 4.90 Å². The molecule has 0 spiro atoms. The summed E-state index contributed by atoms with van der Waals surface area (Å²) in [6.45, 7) is 14.7. The Morgan fingerprint density at radius 2 is 1.83 bits per heavy atom. The molecule has 162 valence electrons. The average Bonchev–Trinajstić information content (AvgIpc) is 3.13. The molecule has 1 aromatic rings.